The van der Waals surface area contributed by atoms with E-state index >= 15 is 0 Å². The Balaban J connectivity index is 1.88. The zero-order valence-electron chi connectivity index (χ0n) is 13.4. The summed E-state index contributed by atoms with van der Waals surface area (Å²) in [5.74, 6) is 0. The van der Waals surface area contributed by atoms with Gasteiger partial charge in [-0.2, -0.15) is 5.10 Å². The molecule has 0 amide bonds. The molecule has 0 radical (unpaired) electrons. The number of hydrogen-bond donors (Lipinski definition) is 2. The Morgan fingerprint density at radius 1 is 0.958 bits per heavy atom. The average Bonchev–Trinajstić information content (AvgIpc) is 2.98. The average molecular weight is 316 g/mol. The Morgan fingerprint density at radius 2 is 1.71 bits per heavy atom. The highest BCUT2D eigenvalue weighted by atomic mass is 16.1. The van der Waals surface area contributed by atoms with Crippen molar-refractivity contribution in [2.45, 2.75) is 13.8 Å². The molecule has 0 saturated heterocycles. The zero-order valence-corrected chi connectivity index (χ0v) is 13.4. The topological polar surface area (TPSA) is 74.4 Å². The number of aryl methyl sites for hydroxylation is 2. The minimum Gasteiger partial charge on any atom is -0.354 e. The molecule has 3 heterocycles. The maximum Gasteiger partial charge on any atom is 0.273 e. The van der Waals surface area contributed by atoms with Gasteiger partial charge in [0.2, 0.25) is 0 Å². The van der Waals surface area contributed by atoms with Gasteiger partial charge in [-0.05, 0) is 44.2 Å². The van der Waals surface area contributed by atoms with Gasteiger partial charge >= 0.3 is 0 Å². The summed E-state index contributed by atoms with van der Waals surface area (Å²) >= 11 is 0. The molecule has 3 aromatic heterocycles. The van der Waals surface area contributed by atoms with E-state index in [2.05, 4.69) is 20.2 Å². The van der Waals surface area contributed by atoms with E-state index in [1.54, 1.807) is 0 Å². The van der Waals surface area contributed by atoms with Crippen LogP contribution < -0.4 is 5.56 Å². The number of aromatic amines is 2. The lowest BCUT2D eigenvalue weighted by Crippen LogP contribution is -2.11. The molecule has 0 aliphatic carbocycles. The van der Waals surface area contributed by atoms with Crippen LogP contribution >= 0.6 is 0 Å². The summed E-state index contributed by atoms with van der Waals surface area (Å²) in [7, 11) is 0. The van der Waals surface area contributed by atoms with E-state index in [9.17, 15) is 4.79 Å². The standard InChI is InChI=1S/C19H16N4O/c1-11-7-14(8-12(2)20-11)17-10-15(19(24)23-22-17)18-9-13-5-3-4-6-16(13)21-18/h3-10,21H,1-2H3,(H,23,24). The fourth-order valence-corrected chi connectivity index (χ4v) is 2.95. The number of fused-ring (bicyclic) bond motifs is 1. The van der Waals surface area contributed by atoms with Crippen LogP contribution in [0.5, 0.6) is 0 Å². The Labute approximate surface area is 138 Å². The third-order valence-electron chi connectivity index (χ3n) is 4.00. The van der Waals surface area contributed by atoms with Crippen molar-refractivity contribution in [3.63, 3.8) is 0 Å². The lowest BCUT2D eigenvalue weighted by molar-refractivity contribution is 0.993. The molecule has 24 heavy (non-hydrogen) atoms. The molecule has 0 unspecified atom stereocenters. The van der Waals surface area contributed by atoms with Gasteiger partial charge in [0.1, 0.15) is 0 Å². The van der Waals surface area contributed by atoms with Crippen LogP contribution in [-0.4, -0.2) is 20.2 Å². The van der Waals surface area contributed by atoms with Gasteiger partial charge < -0.3 is 4.98 Å². The third-order valence-corrected chi connectivity index (χ3v) is 4.00. The molecule has 0 spiro atoms. The number of benzene rings is 1. The fourth-order valence-electron chi connectivity index (χ4n) is 2.95. The lowest BCUT2D eigenvalue weighted by atomic mass is 10.1. The number of nitrogens with one attached hydrogen (secondary N) is 2. The van der Waals surface area contributed by atoms with Crippen molar-refractivity contribution in [1.29, 1.82) is 0 Å². The lowest BCUT2D eigenvalue weighted by Gasteiger charge is -2.05. The van der Waals surface area contributed by atoms with Crippen LogP contribution in [0.25, 0.3) is 33.4 Å². The van der Waals surface area contributed by atoms with Gasteiger partial charge in [-0.25, -0.2) is 5.10 Å². The number of H-pyrrole nitrogens is 2. The monoisotopic (exact) mass is 316 g/mol. The molecule has 0 aliphatic rings. The summed E-state index contributed by atoms with van der Waals surface area (Å²) in [5.41, 5.74) is 5.64. The minimum absolute atomic E-state index is 0.215. The predicted octanol–water partition coefficient (Wildman–Crippen LogP) is 3.60. The molecular formula is C19H16N4O. The SMILES string of the molecule is Cc1cc(-c2cc(-c3cc4ccccc4[nH]3)c(=O)[nH]n2)cc(C)n1. The quantitative estimate of drug-likeness (QED) is 0.593. The first-order valence-electron chi connectivity index (χ1n) is 7.74. The van der Waals surface area contributed by atoms with E-state index in [-0.39, 0.29) is 5.56 Å². The van der Waals surface area contributed by atoms with Crippen LogP contribution in [0.15, 0.2) is 53.3 Å². The predicted molar refractivity (Wildman–Crippen MR) is 94.9 cm³/mol. The first-order chi connectivity index (χ1) is 11.6. The van der Waals surface area contributed by atoms with Gasteiger partial charge in [0.15, 0.2) is 0 Å². The van der Waals surface area contributed by atoms with Crippen molar-refractivity contribution in [3.05, 3.63) is 70.3 Å². The van der Waals surface area contributed by atoms with Crippen LogP contribution in [0.4, 0.5) is 0 Å². The van der Waals surface area contributed by atoms with Gasteiger partial charge in [-0.1, -0.05) is 18.2 Å². The molecule has 4 rings (SSSR count). The van der Waals surface area contributed by atoms with Crippen molar-refractivity contribution in [3.8, 4) is 22.5 Å². The Morgan fingerprint density at radius 3 is 2.46 bits per heavy atom. The zero-order chi connectivity index (χ0) is 16.7. The second-order valence-electron chi connectivity index (χ2n) is 5.90. The van der Waals surface area contributed by atoms with Gasteiger partial charge in [-0.3, -0.25) is 9.78 Å². The number of para-hydroxylation sites is 1. The van der Waals surface area contributed by atoms with Gasteiger partial charge in [0.25, 0.3) is 5.56 Å². The number of aromatic nitrogens is 4. The largest absolute Gasteiger partial charge is 0.354 e. The smallest absolute Gasteiger partial charge is 0.273 e. The minimum atomic E-state index is -0.215. The summed E-state index contributed by atoms with van der Waals surface area (Å²) in [6, 6.07) is 15.7. The highest BCUT2D eigenvalue weighted by Crippen LogP contribution is 2.25. The van der Waals surface area contributed by atoms with Crippen molar-refractivity contribution in [2.24, 2.45) is 0 Å². The van der Waals surface area contributed by atoms with Crippen LogP contribution in [0.1, 0.15) is 11.4 Å². The number of rotatable bonds is 2. The summed E-state index contributed by atoms with van der Waals surface area (Å²) in [6.07, 6.45) is 0. The summed E-state index contributed by atoms with van der Waals surface area (Å²) in [5, 5.41) is 7.86. The van der Waals surface area contributed by atoms with Crippen molar-refractivity contribution >= 4 is 10.9 Å². The Kier molecular flexibility index (Phi) is 3.27. The van der Waals surface area contributed by atoms with Crippen LogP contribution in [0, 0.1) is 13.8 Å². The second kappa shape index (κ2) is 5.45. The van der Waals surface area contributed by atoms with Crippen LogP contribution in [0.3, 0.4) is 0 Å². The van der Waals surface area contributed by atoms with E-state index < -0.39 is 0 Å². The molecule has 0 aliphatic heterocycles. The van der Waals surface area contributed by atoms with Crippen LogP contribution in [-0.2, 0) is 0 Å². The van der Waals surface area contributed by atoms with Crippen LogP contribution in [0.2, 0.25) is 0 Å². The summed E-state index contributed by atoms with van der Waals surface area (Å²) < 4.78 is 0. The Bertz CT molecular complexity index is 1050. The molecule has 0 fully saturated rings. The van der Waals surface area contributed by atoms with Gasteiger partial charge in [-0.15, -0.1) is 0 Å². The molecule has 5 heteroatoms. The molecule has 1 aromatic carbocycles. The van der Waals surface area contributed by atoms with Crippen molar-refractivity contribution < 1.29 is 0 Å². The normalized spacial score (nSPS) is 11.1. The van der Waals surface area contributed by atoms with Gasteiger partial charge in [0.05, 0.1) is 17.0 Å². The van der Waals surface area contributed by atoms with E-state index in [4.69, 9.17) is 0 Å². The van der Waals surface area contributed by atoms with Gasteiger partial charge in [0, 0.05) is 27.9 Å². The summed E-state index contributed by atoms with van der Waals surface area (Å²) in [6.45, 7) is 3.89. The van der Waals surface area contributed by atoms with E-state index in [0.29, 0.717) is 5.56 Å². The first kappa shape index (κ1) is 14.4. The fraction of sp³-hybridized carbons (Fsp3) is 0.105. The first-order valence-corrected chi connectivity index (χ1v) is 7.74. The highest BCUT2D eigenvalue weighted by Gasteiger charge is 2.11. The molecule has 0 atom stereocenters. The molecule has 0 bridgehead atoms. The van der Waals surface area contributed by atoms with E-state index in [1.165, 1.54) is 0 Å². The van der Waals surface area contributed by atoms with E-state index in [0.717, 1.165) is 39.2 Å². The highest BCUT2D eigenvalue weighted by molar-refractivity contribution is 5.86. The Hall–Kier alpha value is -3.21. The molecule has 0 saturated carbocycles. The molecule has 118 valence electrons. The third kappa shape index (κ3) is 2.50. The van der Waals surface area contributed by atoms with Crippen molar-refractivity contribution in [1.82, 2.24) is 20.2 Å². The molecule has 4 aromatic rings. The number of nitrogens with zero attached hydrogens (tertiary/aromatic N) is 2. The second-order valence-corrected chi connectivity index (χ2v) is 5.90. The maximum atomic E-state index is 12.3. The molecule has 2 N–H and O–H groups in total. The number of pyridine rings is 1. The number of hydrogen-bond acceptors (Lipinski definition) is 3. The van der Waals surface area contributed by atoms with Crippen molar-refractivity contribution in [2.75, 3.05) is 0 Å². The molecule has 5 nitrogen and oxygen atoms in total. The summed E-state index contributed by atoms with van der Waals surface area (Å²) in [4.78, 5) is 19.9. The van der Waals surface area contributed by atoms with E-state index in [1.807, 2.05) is 62.4 Å². The maximum absolute atomic E-state index is 12.3. The molecular weight excluding hydrogens is 300 g/mol.